The molecule has 1 saturated heterocycles. The maximum atomic E-state index is 13.7. The quantitative estimate of drug-likeness (QED) is 0.118. The highest BCUT2D eigenvalue weighted by Crippen LogP contribution is 2.45. The highest BCUT2D eigenvalue weighted by atomic mass is 32.1. The Labute approximate surface area is 236 Å². The first kappa shape index (κ1) is 26.1. The van der Waals surface area contributed by atoms with Gasteiger partial charge in [-0.2, -0.15) is 0 Å². The maximum Gasteiger partial charge on any atom is 0.301 e. The van der Waals surface area contributed by atoms with Gasteiger partial charge in [-0.05, 0) is 79.4 Å². The molecular formula is C32H30N2O5S. The predicted octanol–water partition coefficient (Wildman–Crippen LogP) is 6.73. The molecule has 40 heavy (non-hydrogen) atoms. The summed E-state index contributed by atoms with van der Waals surface area (Å²) in [6.45, 7) is 6.64. The Hall–Kier alpha value is -4.17. The molecule has 204 valence electrons. The zero-order valence-corrected chi connectivity index (χ0v) is 23.5. The Morgan fingerprint density at radius 3 is 2.83 bits per heavy atom. The lowest BCUT2D eigenvalue weighted by atomic mass is 9.94. The Bertz CT molecular complexity index is 1670. The third-order valence-electron chi connectivity index (χ3n) is 7.29. The van der Waals surface area contributed by atoms with Crippen molar-refractivity contribution in [1.29, 1.82) is 0 Å². The van der Waals surface area contributed by atoms with Crippen LogP contribution in [0.2, 0.25) is 0 Å². The van der Waals surface area contributed by atoms with Gasteiger partial charge in [0.2, 0.25) is 0 Å². The zero-order chi connectivity index (χ0) is 28.0. The lowest BCUT2D eigenvalue weighted by molar-refractivity contribution is -0.132. The van der Waals surface area contributed by atoms with E-state index in [1.54, 1.807) is 12.1 Å². The monoisotopic (exact) mass is 554 g/mol. The molecule has 3 aromatic carbocycles. The van der Waals surface area contributed by atoms with Crippen LogP contribution >= 0.6 is 11.3 Å². The summed E-state index contributed by atoms with van der Waals surface area (Å²) in [5.74, 6) is -0.288. The number of aliphatic hydroxyl groups is 1. The first-order valence-corrected chi connectivity index (χ1v) is 14.4. The number of Topliss-reactive ketones (excluding diaryl/α,β-unsaturated/α-hetero) is 1. The molecule has 8 heteroatoms. The van der Waals surface area contributed by atoms with Gasteiger partial charge in [-0.25, -0.2) is 4.98 Å². The minimum Gasteiger partial charge on any atom is -0.507 e. The summed E-state index contributed by atoms with van der Waals surface area (Å²) in [7, 11) is 0. The minimum atomic E-state index is -0.875. The van der Waals surface area contributed by atoms with Crippen molar-refractivity contribution < 1.29 is 24.2 Å². The zero-order valence-electron chi connectivity index (χ0n) is 22.6. The van der Waals surface area contributed by atoms with Crippen molar-refractivity contribution in [3.63, 3.8) is 0 Å². The Balaban J connectivity index is 1.50. The number of amides is 1. The number of nitrogens with zero attached hydrogens (tertiary/aromatic N) is 2. The lowest BCUT2D eigenvalue weighted by Crippen LogP contribution is -2.29. The van der Waals surface area contributed by atoms with Crippen LogP contribution in [-0.2, 0) is 16.0 Å². The number of aliphatic hydroxyl groups excluding tert-OH is 1. The molecule has 2 atom stereocenters. The minimum absolute atomic E-state index is 0.0260. The van der Waals surface area contributed by atoms with Crippen molar-refractivity contribution in [3.05, 3.63) is 88.5 Å². The van der Waals surface area contributed by atoms with Crippen LogP contribution in [0.4, 0.5) is 5.13 Å². The van der Waals surface area contributed by atoms with E-state index in [4.69, 9.17) is 14.5 Å². The Morgan fingerprint density at radius 1 is 1.15 bits per heavy atom. The first-order valence-electron chi connectivity index (χ1n) is 13.5. The number of fused-ring (bicyclic) bond motifs is 2. The predicted molar refractivity (Wildman–Crippen MR) is 156 cm³/mol. The Morgan fingerprint density at radius 2 is 2.00 bits per heavy atom. The third-order valence-corrected chi connectivity index (χ3v) is 8.31. The molecule has 1 amide bonds. The van der Waals surface area contributed by atoms with E-state index >= 15 is 0 Å². The van der Waals surface area contributed by atoms with Crippen molar-refractivity contribution in [1.82, 2.24) is 4.98 Å². The molecule has 4 aromatic rings. The van der Waals surface area contributed by atoms with Crippen molar-refractivity contribution in [3.8, 4) is 11.5 Å². The summed E-state index contributed by atoms with van der Waals surface area (Å²) >= 11 is 1.35. The van der Waals surface area contributed by atoms with Crippen LogP contribution in [0.3, 0.4) is 0 Å². The molecule has 0 radical (unpaired) electrons. The number of aromatic nitrogens is 1. The van der Waals surface area contributed by atoms with Crippen LogP contribution in [0.1, 0.15) is 55.0 Å². The van der Waals surface area contributed by atoms with E-state index in [9.17, 15) is 14.7 Å². The van der Waals surface area contributed by atoms with Crippen LogP contribution in [0.15, 0.2) is 66.2 Å². The smallest absolute Gasteiger partial charge is 0.301 e. The van der Waals surface area contributed by atoms with Gasteiger partial charge in [-0.15, -0.1) is 0 Å². The van der Waals surface area contributed by atoms with Gasteiger partial charge >= 0.3 is 5.91 Å². The van der Waals surface area contributed by atoms with Crippen molar-refractivity contribution >= 4 is 44.1 Å². The van der Waals surface area contributed by atoms with Gasteiger partial charge in [0.1, 0.15) is 23.4 Å². The SMILES string of the molecule is CCCCOc1cccc([C@@H]2C(=C(O)c3ccc4c(c3)C[C@@H](C)O4)C(=O)C(=O)N2c2nc3ccc(C)cc3s2)c1. The summed E-state index contributed by atoms with van der Waals surface area (Å²) in [6, 6.07) is 17.8. The highest BCUT2D eigenvalue weighted by molar-refractivity contribution is 7.22. The second kappa shape index (κ2) is 10.4. The number of unbranched alkanes of at least 4 members (excludes halogenated alkanes) is 1. The molecule has 2 aliphatic heterocycles. The number of benzene rings is 3. The fourth-order valence-corrected chi connectivity index (χ4v) is 6.39. The molecule has 1 N–H and O–H groups in total. The van der Waals surface area contributed by atoms with Gasteiger partial charge in [0.25, 0.3) is 5.78 Å². The van der Waals surface area contributed by atoms with E-state index in [0.717, 1.165) is 39.9 Å². The van der Waals surface area contributed by atoms with Gasteiger partial charge in [0.15, 0.2) is 5.13 Å². The van der Waals surface area contributed by atoms with Crippen molar-refractivity contribution in [2.24, 2.45) is 0 Å². The largest absolute Gasteiger partial charge is 0.507 e. The molecule has 6 rings (SSSR count). The average Bonchev–Trinajstić information content (AvgIpc) is 3.60. The van der Waals surface area contributed by atoms with E-state index in [1.165, 1.54) is 16.2 Å². The fraction of sp³-hybridized carbons (Fsp3) is 0.281. The molecule has 1 fully saturated rings. The molecule has 0 spiro atoms. The van der Waals surface area contributed by atoms with E-state index in [1.807, 2.05) is 62.4 Å². The topological polar surface area (TPSA) is 89.0 Å². The van der Waals surface area contributed by atoms with Crippen molar-refractivity contribution in [2.75, 3.05) is 11.5 Å². The summed E-state index contributed by atoms with van der Waals surface area (Å²) < 4.78 is 12.7. The van der Waals surface area contributed by atoms with Crippen molar-refractivity contribution in [2.45, 2.75) is 52.2 Å². The molecule has 1 aromatic heterocycles. The summed E-state index contributed by atoms with van der Waals surface area (Å²) in [5, 5.41) is 12.0. The number of anilines is 1. The third kappa shape index (κ3) is 4.62. The number of ketones is 1. The van der Waals surface area contributed by atoms with Crippen LogP contribution < -0.4 is 14.4 Å². The number of carbonyl (C=O) groups is 2. The van der Waals surface area contributed by atoms with Crippen LogP contribution in [0.5, 0.6) is 11.5 Å². The molecule has 0 aliphatic carbocycles. The molecule has 0 bridgehead atoms. The molecule has 7 nitrogen and oxygen atoms in total. The lowest BCUT2D eigenvalue weighted by Gasteiger charge is -2.23. The molecular weight excluding hydrogens is 524 g/mol. The number of aryl methyl sites for hydroxylation is 1. The van der Waals surface area contributed by atoms with Gasteiger partial charge in [0, 0.05) is 12.0 Å². The molecule has 0 saturated carbocycles. The van der Waals surface area contributed by atoms with Gasteiger partial charge < -0.3 is 14.6 Å². The summed E-state index contributed by atoms with van der Waals surface area (Å²) in [6.07, 6.45) is 2.66. The number of ether oxygens (including phenoxy) is 2. The molecule has 2 aliphatic rings. The van der Waals surface area contributed by atoms with E-state index < -0.39 is 17.7 Å². The van der Waals surface area contributed by atoms with Crippen LogP contribution in [-0.4, -0.2) is 34.5 Å². The fourth-order valence-electron chi connectivity index (χ4n) is 5.30. The average molecular weight is 555 g/mol. The second-order valence-electron chi connectivity index (χ2n) is 10.4. The van der Waals surface area contributed by atoms with Gasteiger partial charge in [0.05, 0.1) is 28.4 Å². The summed E-state index contributed by atoms with van der Waals surface area (Å²) in [5.41, 5.74) is 3.93. The standard InChI is InChI=1S/C32H30N2O5S/c1-4-5-13-38-23-8-6-7-20(17-23)28-27(29(35)21-10-12-25-22(16-21)15-19(3)39-25)30(36)31(37)34(28)32-33-24-11-9-18(2)14-26(24)40-32/h6-12,14,16-17,19,28,35H,4-5,13,15H2,1-3H3/t19-,28-/m1/s1. The second-order valence-corrected chi connectivity index (χ2v) is 11.4. The molecule has 3 heterocycles. The number of hydrogen-bond donors (Lipinski definition) is 1. The molecule has 0 unspecified atom stereocenters. The Kier molecular flexibility index (Phi) is 6.80. The maximum absolute atomic E-state index is 13.7. The number of carbonyl (C=O) groups excluding carboxylic acids is 2. The number of hydrogen-bond acceptors (Lipinski definition) is 7. The van der Waals surface area contributed by atoms with E-state index in [0.29, 0.717) is 35.0 Å². The highest BCUT2D eigenvalue weighted by Gasteiger charge is 2.48. The normalized spacial score (nSPS) is 19.7. The first-order chi connectivity index (χ1) is 19.3. The summed E-state index contributed by atoms with van der Waals surface area (Å²) in [4.78, 5) is 33.4. The van der Waals surface area contributed by atoms with E-state index in [2.05, 4.69) is 6.92 Å². The van der Waals surface area contributed by atoms with Crippen LogP contribution in [0.25, 0.3) is 16.0 Å². The number of rotatable bonds is 7. The van der Waals surface area contributed by atoms with Gasteiger partial charge in [-0.3, -0.25) is 14.5 Å². The van der Waals surface area contributed by atoms with Gasteiger partial charge in [-0.1, -0.05) is 42.9 Å². The number of thiazole rings is 1. The van der Waals surface area contributed by atoms with E-state index in [-0.39, 0.29) is 17.4 Å². The van der Waals surface area contributed by atoms with Crippen LogP contribution in [0, 0.1) is 6.92 Å².